The minimum Gasteiger partial charge on any atom is -0.508 e. The van der Waals surface area contributed by atoms with Gasteiger partial charge in [-0.2, -0.15) is 0 Å². The van der Waals surface area contributed by atoms with E-state index in [-0.39, 0.29) is 30.5 Å². The Kier molecular flexibility index (Phi) is 6.10. The summed E-state index contributed by atoms with van der Waals surface area (Å²) in [5, 5.41) is 11.9. The molecule has 8 heteroatoms. The van der Waals surface area contributed by atoms with Crippen molar-refractivity contribution in [2.24, 2.45) is 4.99 Å². The first kappa shape index (κ1) is 19.6. The normalized spacial score (nSPS) is 17.8. The number of aliphatic imine (C=N–C) groups is 1. The lowest BCUT2D eigenvalue weighted by Gasteiger charge is -2.13. The van der Waals surface area contributed by atoms with Crippen molar-refractivity contribution >= 4 is 40.1 Å². The SMILES string of the molecule is C=CCN1C(=O)C(CC(=O)Nc2ccc(F)cc2)SC1=Nc1ccc(O)cc1. The van der Waals surface area contributed by atoms with Crippen LogP contribution in [0.3, 0.4) is 0 Å². The highest BCUT2D eigenvalue weighted by molar-refractivity contribution is 8.15. The number of hydrogen-bond donors (Lipinski definition) is 2. The van der Waals surface area contributed by atoms with Gasteiger partial charge >= 0.3 is 0 Å². The van der Waals surface area contributed by atoms with Crippen molar-refractivity contribution in [3.63, 3.8) is 0 Å². The minimum absolute atomic E-state index is 0.0386. The number of thioether (sulfide) groups is 1. The number of amidine groups is 1. The molecule has 0 spiro atoms. The van der Waals surface area contributed by atoms with Crippen LogP contribution < -0.4 is 5.32 Å². The van der Waals surface area contributed by atoms with Gasteiger partial charge in [-0.25, -0.2) is 9.38 Å². The van der Waals surface area contributed by atoms with Gasteiger partial charge in [0.05, 0.1) is 5.69 Å². The Balaban J connectivity index is 1.72. The summed E-state index contributed by atoms with van der Waals surface area (Å²) in [5.74, 6) is -0.842. The zero-order chi connectivity index (χ0) is 20.1. The molecule has 0 radical (unpaired) electrons. The van der Waals surface area contributed by atoms with E-state index in [1.165, 1.54) is 53.1 Å². The molecular formula is C20H18FN3O3S. The predicted molar refractivity (Wildman–Crippen MR) is 108 cm³/mol. The largest absolute Gasteiger partial charge is 0.508 e. The maximum absolute atomic E-state index is 13.0. The first-order chi connectivity index (χ1) is 13.5. The number of hydrogen-bond acceptors (Lipinski definition) is 5. The van der Waals surface area contributed by atoms with Gasteiger partial charge in [0.2, 0.25) is 11.8 Å². The van der Waals surface area contributed by atoms with Gasteiger partial charge in [0.15, 0.2) is 5.17 Å². The smallest absolute Gasteiger partial charge is 0.242 e. The van der Waals surface area contributed by atoms with Crippen molar-refractivity contribution in [2.75, 3.05) is 11.9 Å². The maximum Gasteiger partial charge on any atom is 0.242 e. The van der Waals surface area contributed by atoms with Crippen molar-refractivity contribution in [1.82, 2.24) is 4.90 Å². The molecule has 1 aliphatic heterocycles. The molecule has 2 aromatic carbocycles. The number of phenols is 1. The number of amides is 2. The Morgan fingerprint density at radius 3 is 2.57 bits per heavy atom. The molecule has 0 aliphatic carbocycles. The molecule has 0 saturated carbocycles. The van der Waals surface area contributed by atoms with Gasteiger partial charge in [0.1, 0.15) is 16.8 Å². The third kappa shape index (κ3) is 4.77. The van der Waals surface area contributed by atoms with Crippen LogP contribution in [0.1, 0.15) is 6.42 Å². The van der Waals surface area contributed by atoms with E-state index in [4.69, 9.17) is 0 Å². The second kappa shape index (κ2) is 8.71. The lowest BCUT2D eigenvalue weighted by atomic mass is 10.2. The summed E-state index contributed by atoms with van der Waals surface area (Å²) in [4.78, 5) is 30.9. The van der Waals surface area contributed by atoms with E-state index >= 15 is 0 Å². The van der Waals surface area contributed by atoms with Crippen molar-refractivity contribution in [3.05, 3.63) is 67.0 Å². The summed E-state index contributed by atoms with van der Waals surface area (Å²) in [6.45, 7) is 3.94. The number of nitrogens with zero attached hydrogens (tertiary/aromatic N) is 2. The Labute approximate surface area is 165 Å². The van der Waals surface area contributed by atoms with Crippen molar-refractivity contribution in [3.8, 4) is 5.75 Å². The topological polar surface area (TPSA) is 82.0 Å². The highest BCUT2D eigenvalue weighted by atomic mass is 32.2. The first-order valence-electron chi connectivity index (χ1n) is 8.48. The van der Waals surface area contributed by atoms with Crippen molar-refractivity contribution in [2.45, 2.75) is 11.7 Å². The van der Waals surface area contributed by atoms with Crippen LogP contribution in [0.25, 0.3) is 0 Å². The molecule has 28 heavy (non-hydrogen) atoms. The number of aromatic hydroxyl groups is 1. The third-order valence-corrected chi connectivity index (χ3v) is 5.08. The van der Waals surface area contributed by atoms with Crippen LogP contribution in [0.4, 0.5) is 15.8 Å². The molecule has 0 bridgehead atoms. The lowest BCUT2D eigenvalue weighted by molar-refractivity contribution is -0.127. The van der Waals surface area contributed by atoms with E-state index in [0.29, 0.717) is 16.5 Å². The fraction of sp³-hybridized carbons (Fsp3) is 0.150. The van der Waals surface area contributed by atoms with E-state index in [1.54, 1.807) is 18.2 Å². The Morgan fingerprint density at radius 1 is 1.25 bits per heavy atom. The summed E-state index contributed by atoms with van der Waals surface area (Å²) >= 11 is 1.20. The van der Waals surface area contributed by atoms with E-state index in [2.05, 4.69) is 16.9 Å². The molecule has 1 aliphatic rings. The van der Waals surface area contributed by atoms with Gasteiger partial charge in [-0.3, -0.25) is 14.5 Å². The molecule has 2 aromatic rings. The Morgan fingerprint density at radius 2 is 1.93 bits per heavy atom. The number of nitrogens with one attached hydrogen (secondary N) is 1. The van der Waals surface area contributed by atoms with Crippen LogP contribution in [0, 0.1) is 5.82 Å². The summed E-state index contributed by atoms with van der Waals surface area (Å²) in [6.07, 6.45) is 1.55. The fourth-order valence-electron chi connectivity index (χ4n) is 2.57. The number of carbonyl (C=O) groups is 2. The number of anilines is 1. The maximum atomic E-state index is 13.0. The molecule has 6 nitrogen and oxygen atoms in total. The zero-order valence-electron chi connectivity index (χ0n) is 14.8. The van der Waals surface area contributed by atoms with Gasteiger partial charge in [0, 0.05) is 18.7 Å². The predicted octanol–water partition coefficient (Wildman–Crippen LogP) is 3.68. The lowest BCUT2D eigenvalue weighted by Crippen LogP contribution is -2.33. The second-order valence-electron chi connectivity index (χ2n) is 6.01. The molecule has 2 N–H and O–H groups in total. The summed E-state index contributed by atoms with van der Waals surface area (Å²) in [5.41, 5.74) is 1.04. The fourth-order valence-corrected chi connectivity index (χ4v) is 3.74. The van der Waals surface area contributed by atoms with Crippen LogP contribution in [-0.4, -0.2) is 38.8 Å². The van der Waals surface area contributed by atoms with Crippen LogP contribution in [0.5, 0.6) is 5.75 Å². The minimum atomic E-state index is -0.615. The molecule has 1 fully saturated rings. The Bertz CT molecular complexity index is 913. The number of rotatable bonds is 6. The average molecular weight is 399 g/mol. The number of phenolic OH excluding ortho intramolecular Hbond substituents is 1. The van der Waals surface area contributed by atoms with Gasteiger partial charge in [-0.1, -0.05) is 17.8 Å². The molecular weight excluding hydrogens is 381 g/mol. The van der Waals surface area contributed by atoms with Crippen LogP contribution in [-0.2, 0) is 9.59 Å². The van der Waals surface area contributed by atoms with Crippen LogP contribution in [0.2, 0.25) is 0 Å². The molecule has 3 rings (SSSR count). The van der Waals surface area contributed by atoms with E-state index in [0.717, 1.165) is 0 Å². The number of carbonyl (C=O) groups excluding carboxylic acids is 2. The zero-order valence-corrected chi connectivity index (χ0v) is 15.7. The number of halogens is 1. The van der Waals surface area contributed by atoms with E-state index in [9.17, 15) is 19.1 Å². The van der Waals surface area contributed by atoms with Gasteiger partial charge in [0.25, 0.3) is 0 Å². The van der Waals surface area contributed by atoms with E-state index < -0.39 is 11.1 Å². The summed E-state index contributed by atoms with van der Waals surface area (Å²) < 4.78 is 13.0. The van der Waals surface area contributed by atoms with Gasteiger partial charge in [-0.15, -0.1) is 6.58 Å². The highest BCUT2D eigenvalue weighted by Crippen LogP contribution is 2.32. The summed E-state index contributed by atoms with van der Waals surface area (Å²) in [7, 11) is 0. The first-order valence-corrected chi connectivity index (χ1v) is 9.36. The second-order valence-corrected chi connectivity index (χ2v) is 7.18. The molecule has 1 unspecified atom stereocenters. The quantitative estimate of drug-likeness (QED) is 0.726. The Hall–Kier alpha value is -3.13. The molecule has 0 aromatic heterocycles. The molecule has 1 atom stereocenters. The standard InChI is InChI=1S/C20H18FN3O3S/c1-2-11-24-19(27)17(12-18(26)22-14-5-3-13(21)4-6-14)28-20(24)23-15-7-9-16(25)10-8-15/h2-10,17,25H,1,11-12H2,(H,22,26). The number of benzene rings is 2. The molecule has 2 amide bonds. The van der Waals surface area contributed by atoms with Crippen molar-refractivity contribution < 1.29 is 19.1 Å². The van der Waals surface area contributed by atoms with Gasteiger partial charge in [-0.05, 0) is 48.5 Å². The molecule has 1 heterocycles. The molecule has 1 saturated heterocycles. The van der Waals surface area contributed by atoms with Gasteiger partial charge < -0.3 is 10.4 Å². The average Bonchev–Trinajstić information content (AvgIpc) is 2.94. The van der Waals surface area contributed by atoms with Crippen LogP contribution >= 0.6 is 11.8 Å². The van der Waals surface area contributed by atoms with E-state index in [1.807, 2.05) is 0 Å². The third-order valence-electron chi connectivity index (χ3n) is 3.90. The van der Waals surface area contributed by atoms with Crippen LogP contribution in [0.15, 0.2) is 66.2 Å². The highest BCUT2D eigenvalue weighted by Gasteiger charge is 2.38. The monoisotopic (exact) mass is 399 g/mol. The summed E-state index contributed by atoms with van der Waals surface area (Å²) in [6, 6.07) is 11.7. The van der Waals surface area contributed by atoms with Crippen molar-refractivity contribution in [1.29, 1.82) is 0 Å². The molecule has 144 valence electrons.